The first-order valence-corrected chi connectivity index (χ1v) is 5.27. The number of rotatable bonds is 3. The molecule has 0 aliphatic carbocycles. The number of carbonyl (C=O) groups is 1. The molecular weight excluding hydrogens is 190 g/mol. The minimum absolute atomic E-state index is 0.454. The predicted octanol–water partition coefficient (Wildman–Crippen LogP) is 2.70. The Morgan fingerprint density at radius 2 is 1.80 bits per heavy atom. The monoisotopic (exact) mass is 211 g/mol. The molecule has 0 atom stereocenters. The number of terminal acetylenes is 1. The molecule has 0 saturated carbocycles. The zero-order valence-corrected chi connectivity index (χ0v) is 10.3. The van der Waals surface area contributed by atoms with Gasteiger partial charge in [0.2, 0.25) is 0 Å². The van der Waals surface area contributed by atoms with Gasteiger partial charge in [0.1, 0.15) is 11.1 Å². The Morgan fingerprint density at radius 1 is 1.33 bits per heavy atom. The van der Waals surface area contributed by atoms with Gasteiger partial charge in [-0.25, -0.2) is 4.79 Å². The molecule has 0 unspecified atom stereocenters. The highest BCUT2D eigenvalue weighted by atomic mass is 16.6. The van der Waals surface area contributed by atoms with Crippen molar-refractivity contribution >= 4 is 6.09 Å². The molecular formula is C12H21NO2. The number of amides is 1. The third-order valence-electron chi connectivity index (χ3n) is 2.22. The number of ether oxygens (including phenoxy) is 1. The molecule has 0 saturated heterocycles. The quantitative estimate of drug-likeness (QED) is 0.729. The Labute approximate surface area is 92.6 Å². The Bertz CT molecular complexity index is 254. The summed E-state index contributed by atoms with van der Waals surface area (Å²) < 4.78 is 5.15. The maximum absolute atomic E-state index is 11.5. The summed E-state index contributed by atoms with van der Waals surface area (Å²) in [5.41, 5.74) is -1.08. The van der Waals surface area contributed by atoms with Crippen LogP contribution in [-0.4, -0.2) is 17.2 Å². The lowest BCUT2D eigenvalue weighted by Crippen LogP contribution is -2.48. The summed E-state index contributed by atoms with van der Waals surface area (Å²) in [5, 5.41) is 2.74. The normalized spacial score (nSPS) is 11.7. The van der Waals surface area contributed by atoms with Crippen molar-refractivity contribution in [2.45, 2.75) is 58.6 Å². The average Bonchev–Trinajstić information content (AvgIpc) is 2.11. The average molecular weight is 211 g/mol. The smallest absolute Gasteiger partial charge is 0.408 e. The fourth-order valence-electron chi connectivity index (χ4n) is 1.17. The molecule has 0 spiro atoms. The van der Waals surface area contributed by atoms with Gasteiger partial charge in [0, 0.05) is 0 Å². The summed E-state index contributed by atoms with van der Waals surface area (Å²) >= 11 is 0. The van der Waals surface area contributed by atoms with Gasteiger partial charge < -0.3 is 10.1 Å². The van der Waals surface area contributed by atoms with E-state index in [1.165, 1.54) is 0 Å². The van der Waals surface area contributed by atoms with Gasteiger partial charge in [0.05, 0.1) is 0 Å². The first kappa shape index (κ1) is 13.8. The molecule has 1 amide bonds. The van der Waals surface area contributed by atoms with Crippen molar-refractivity contribution in [2.75, 3.05) is 0 Å². The van der Waals surface area contributed by atoms with Crippen molar-refractivity contribution in [3.05, 3.63) is 0 Å². The SMILES string of the molecule is C#CC(CC)(CC)NC(=O)OC(C)(C)C. The van der Waals surface area contributed by atoms with Crippen molar-refractivity contribution in [3.8, 4) is 12.3 Å². The van der Waals surface area contributed by atoms with E-state index in [0.717, 1.165) is 0 Å². The highest BCUT2D eigenvalue weighted by Crippen LogP contribution is 2.15. The first-order chi connectivity index (χ1) is 6.78. The third-order valence-corrected chi connectivity index (χ3v) is 2.22. The van der Waals surface area contributed by atoms with Crippen LogP contribution in [-0.2, 0) is 4.74 Å². The van der Waals surface area contributed by atoms with Gasteiger partial charge in [-0.1, -0.05) is 19.8 Å². The molecule has 0 radical (unpaired) electrons. The molecule has 0 aromatic heterocycles. The molecule has 0 bridgehead atoms. The molecule has 0 aliphatic rings. The van der Waals surface area contributed by atoms with E-state index >= 15 is 0 Å². The molecule has 3 heteroatoms. The number of alkyl carbamates (subject to hydrolysis) is 1. The first-order valence-electron chi connectivity index (χ1n) is 5.27. The van der Waals surface area contributed by atoms with Crippen LogP contribution < -0.4 is 5.32 Å². The Kier molecular flexibility index (Phi) is 4.67. The standard InChI is InChI=1S/C12H21NO2/c1-7-12(8-2,9-3)13-10(14)15-11(4,5)6/h1H,8-9H2,2-6H3,(H,13,14). The van der Waals surface area contributed by atoms with Crippen molar-refractivity contribution < 1.29 is 9.53 Å². The minimum Gasteiger partial charge on any atom is -0.444 e. The lowest BCUT2D eigenvalue weighted by atomic mass is 9.94. The molecule has 86 valence electrons. The second-order valence-electron chi connectivity index (χ2n) is 4.56. The lowest BCUT2D eigenvalue weighted by molar-refractivity contribution is 0.0477. The van der Waals surface area contributed by atoms with Gasteiger partial charge >= 0.3 is 6.09 Å². The van der Waals surface area contributed by atoms with Crippen LogP contribution in [0.2, 0.25) is 0 Å². The summed E-state index contributed by atoms with van der Waals surface area (Å²) in [6.07, 6.45) is 6.35. The maximum atomic E-state index is 11.5. The summed E-state index contributed by atoms with van der Waals surface area (Å²) in [6.45, 7) is 9.35. The van der Waals surface area contributed by atoms with Gasteiger partial charge in [0.25, 0.3) is 0 Å². The largest absolute Gasteiger partial charge is 0.444 e. The van der Waals surface area contributed by atoms with E-state index in [9.17, 15) is 4.79 Å². The van der Waals surface area contributed by atoms with Crippen LogP contribution in [0, 0.1) is 12.3 Å². The molecule has 0 fully saturated rings. The van der Waals surface area contributed by atoms with Crippen molar-refractivity contribution in [3.63, 3.8) is 0 Å². The minimum atomic E-state index is -0.581. The molecule has 0 aliphatic heterocycles. The molecule has 15 heavy (non-hydrogen) atoms. The summed E-state index contributed by atoms with van der Waals surface area (Å²) in [7, 11) is 0. The Balaban J connectivity index is 4.45. The Morgan fingerprint density at radius 3 is 2.07 bits per heavy atom. The van der Waals surface area contributed by atoms with Crippen molar-refractivity contribution in [1.29, 1.82) is 0 Å². The van der Waals surface area contributed by atoms with Crippen LogP contribution in [0.3, 0.4) is 0 Å². The molecule has 0 aromatic rings. The van der Waals surface area contributed by atoms with Crippen LogP contribution in [0.1, 0.15) is 47.5 Å². The van der Waals surface area contributed by atoms with E-state index in [0.29, 0.717) is 12.8 Å². The summed E-state index contributed by atoms with van der Waals surface area (Å²) in [4.78, 5) is 11.5. The predicted molar refractivity (Wildman–Crippen MR) is 61.5 cm³/mol. The van der Waals surface area contributed by atoms with E-state index in [-0.39, 0.29) is 0 Å². The fraction of sp³-hybridized carbons (Fsp3) is 0.750. The van der Waals surface area contributed by atoms with Gasteiger partial charge in [0.15, 0.2) is 0 Å². The zero-order chi connectivity index (χ0) is 12.1. The zero-order valence-electron chi connectivity index (χ0n) is 10.3. The van der Waals surface area contributed by atoms with Gasteiger partial charge in [-0.15, -0.1) is 6.42 Å². The number of hydrogen-bond acceptors (Lipinski definition) is 2. The third kappa shape index (κ3) is 4.73. The fourth-order valence-corrected chi connectivity index (χ4v) is 1.17. The molecule has 3 nitrogen and oxygen atoms in total. The maximum Gasteiger partial charge on any atom is 0.408 e. The van der Waals surface area contributed by atoms with E-state index < -0.39 is 17.2 Å². The summed E-state index contributed by atoms with van der Waals surface area (Å²) in [6, 6.07) is 0. The molecule has 0 aromatic carbocycles. The number of carbonyl (C=O) groups excluding carboxylic acids is 1. The van der Waals surface area contributed by atoms with Crippen molar-refractivity contribution in [2.24, 2.45) is 0 Å². The van der Waals surface area contributed by atoms with E-state index in [4.69, 9.17) is 11.2 Å². The van der Waals surface area contributed by atoms with Crippen LogP contribution in [0.15, 0.2) is 0 Å². The second-order valence-corrected chi connectivity index (χ2v) is 4.56. The van der Waals surface area contributed by atoms with Gasteiger partial charge in [-0.3, -0.25) is 0 Å². The van der Waals surface area contributed by atoms with Crippen LogP contribution in [0.4, 0.5) is 4.79 Å². The topological polar surface area (TPSA) is 38.3 Å². The molecule has 0 heterocycles. The number of nitrogens with one attached hydrogen (secondary N) is 1. The van der Waals surface area contributed by atoms with Gasteiger partial charge in [-0.2, -0.15) is 0 Å². The summed E-state index contributed by atoms with van der Waals surface area (Å²) in [5.74, 6) is 2.62. The van der Waals surface area contributed by atoms with Crippen molar-refractivity contribution in [1.82, 2.24) is 5.32 Å². The van der Waals surface area contributed by atoms with Crippen LogP contribution in [0.5, 0.6) is 0 Å². The molecule has 1 N–H and O–H groups in total. The highest BCUT2D eigenvalue weighted by molar-refractivity contribution is 5.69. The highest BCUT2D eigenvalue weighted by Gasteiger charge is 2.27. The molecule has 0 rings (SSSR count). The number of hydrogen-bond donors (Lipinski definition) is 1. The Hall–Kier alpha value is -1.17. The van der Waals surface area contributed by atoms with Gasteiger partial charge in [-0.05, 0) is 33.6 Å². The van der Waals surface area contributed by atoms with E-state index in [1.807, 2.05) is 34.6 Å². The van der Waals surface area contributed by atoms with Crippen LogP contribution in [0.25, 0.3) is 0 Å². The second kappa shape index (κ2) is 5.06. The van der Waals surface area contributed by atoms with E-state index in [1.54, 1.807) is 0 Å². The van der Waals surface area contributed by atoms with Crippen LogP contribution >= 0.6 is 0 Å². The van der Waals surface area contributed by atoms with E-state index in [2.05, 4.69) is 11.2 Å². The lowest BCUT2D eigenvalue weighted by Gasteiger charge is -2.29.